The van der Waals surface area contributed by atoms with E-state index in [1.165, 1.54) is 0 Å². The largest absolute Gasteiger partial charge is 0.497 e. The number of aromatic amines is 1. The fourth-order valence-electron chi connectivity index (χ4n) is 2.32. The van der Waals surface area contributed by atoms with Crippen molar-refractivity contribution in [3.8, 4) is 17.0 Å². The average Bonchev–Trinajstić information content (AvgIpc) is 3.11. The highest BCUT2D eigenvalue weighted by molar-refractivity contribution is 5.93. The van der Waals surface area contributed by atoms with Gasteiger partial charge in [0, 0.05) is 12.1 Å². The molecule has 0 spiro atoms. The summed E-state index contributed by atoms with van der Waals surface area (Å²) < 4.78 is 16.0. The quantitative estimate of drug-likeness (QED) is 0.866. The Labute approximate surface area is 133 Å². The van der Waals surface area contributed by atoms with E-state index in [1.54, 1.807) is 13.2 Å². The molecular formula is C16H19N3O4. The maximum atomic E-state index is 12.2. The molecule has 2 aromatic rings. The van der Waals surface area contributed by atoms with E-state index in [1.807, 2.05) is 24.3 Å². The first kappa shape index (κ1) is 15.5. The van der Waals surface area contributed by atoms with Gasteiger partial charge in [-0.25, -0.2) is 0 Å². The fourth-order valence-corrected chi connectivity index (χ4v) is 2.32. The van der Waals surface area contributed by atoms with Crippen LogP contribution < -0.4 is 10.1 Å². The van der Waals surface area contributed by atoms with Crippen molar-refractivity contribution in [1.82, 2.24) is 15.5 Å². The first-order valence-electron chi connectivity index (χ1n) is 7.43. The standard InChI is InChI=1S/C16H19N3O4/c1-21-12-4-2-3-11(7-12)14-8-15(19-18-14)16(20)17-9-13-10-22-5-6-23-13/h2-4,7-8,13H,5-6,9-10H2,1H3,(H,17,20)(H,18,19)/t13-/m0/s1. The summed E-state index contributed by atoms with van der Waals surface area (Å²) in [6.07, 6.45) is -0.103. The highest BCUT2D eigenvalue weighted by atomic mass is 16.6. The summed E-state index contributed by atoms with van der Waals surface area (Å²) >= 11 is 0. The lowest BCUT2D eigenvalue weighted by Crippen LogP contribution is -2.39. The highest BCUT2D eigenvalue weighted by Gasteiger charge is 2.17. The van der Waals surface area contributed by atoms with Gasteiger partial charge >= 0.3 is 0 Å². The highest BCUT2D eigenvalue weighted by Crippen LogP contribution is 2.22. The van der Waals surface area contributed by atoms with Crippen molar-refractivity contribution in [2.24, 2.45) is 0 Å². The molecule has 1 aliphatic rings. The number of ether oxygens (including phenoxy) is 3. The van der Waals surface area contributed by atoms with E-state index in [9.17, 15) is 4.79 Å². The molecule has 1 aliphatic heterocycles. The summed E-state index contributed by atoms with van der Waals surface area (Å²) in [6, 6.07) is 9.22. The van der Waals surface area contributed by atoms with Crippen molar-refractivity contribution in [2.45, 2.75) is 6.10 Å². The number of rotatable bonds is 5. The van der Waals surface area contributed by atoms with Crippen LogP contribution in [0.5, 0.6) is 5.75 Å². The molecule has 0 aliphatic carbocycles. The molecule has 1 aromatic heterocycles. The third-order valence-electron chi connectivity index (χ3n) is 3.56. The van der Waals surface area contributed by atoms with Crippen LogP contribution in [0.1, 0.15) is 10.5 Å². The molecule has 7 heteroatoms. The van der Waals surface area contributed by atoms with Gasteiger partial charge in [0.25, 0.3) is 5.91 Å². The topological polar surface area (TPSA) is 85.5 Å². The molecule has 0 bridgehead atoms. The molecule has 1 fully saturated rings. The first-order chi connectivity index (χ1) is 11.3. The maximum Gasteiger partial charge on any atom is 0.269 e. The number of nitrogens with one attached hydrogen (secondary N) is 2. The van der Waals surface area contributed by atoms with Crippen LogP contribution in [-0.2, 0) is 9.47 Å². The number of hydrogen-bond donors (Lipinski definition) is 2. The summed E-state index contributed by atoms with van der Waals surface area (Å²) in [4.78, 5) is 12.2. The predicted octanol–water partition coefficient (Wildman–Crippen LogP) is 1.23. The SMILES string of the molecule is COc1cccc(-c2cc(C(=O)NC[C@H]3COCCO3)[nH]n2)c1. The smallest absolute Gasteiger partial charge is 0.269 e. The number of amides is 1. The van der Waals surface area contributed by atoms with Crippen LogP contribution in [0.4, 0.5) is 0 Å². The minimum atomic E-state index is -0.221. The van der Waals surface area contributed by atoms with Crippen LogP contribution >= 0.6 is 0 Å². The molecule has 0 radical (unpaired) electrons. The van der Waals surface area contributed by atoms with Gasteiger partial charge in [-0.05, 0) is 18.2 Å². The van der Waals surface area contributed by atoms with Gasteiger partial charge in [0.2, 0.25) is 0 Å². The van der Waals surface area contributed by atoms with E-state index in [4.69, 9.17) is 14.2 Å². The average molecular weight is 317 g/mol. The van der Waals surface area contributed by atoms with Gasteiger partial charge in [0.15, 0.2) is 0 Å². The Morgan fingerprint density at radius 3 is 3.13 bits per heavy atom. The summed E-state index contributed by atoms with van der Waals surface area (Å²) in [5.41, 5.74) is 1.97. The van der Waals surface area contributed by atoms with Crippen LogP contribution in [0.25, 0.3) is 11.3 Å². The van der Waals surface area contributed by atoms with E-state index >= 15 is 0 Å². The molecular weight excluding hydrogens is 298 g/mol. The van der Waals surface area contributed by atoms with Crippen LogP contribution in [0.15, 0.2) is 30.3 Å². The van der Waals surface area contributed by atoms with Gasteiger partial charge in [-0.15, -0.1) is 0 Å². The molecule has 1 amide bonds. The summed E-state index contributed by atoms with van der Waals surface area (Å²) in [5.74, 6) is 0.520. The van der Waals surface area contributed by atoms with Gasteiger partial charge in [-0.3, -0.25) is 9.89 Å². The molecule has 7 nitrogen and oxygen atoms in total. The molecule has 1 atom stereocenters. The maximum absolute atomic E-state index is 12.2. The van der Waals surface area contributed by atoms with Gasteiger partial charge in [-0.1, -0.05) is 12.1 Å². The molecule has 1 saturated heterocycles. The Balaban J connectivity index is 1.62. The molecule has 122 valence electrons. The minimum absolute atomic E-state index is 0.103. The summed E-state index contributed by atoms with van der Waals surface area (Å²) in [6.45, 7) is 2.07. The number of carbonyl (C=O) groups excluding carboxylic acids is 1. The molecule has 3 rings (SSSR count). The van der Waals surface area contributed by atoms with E-state index in [0.717, 1.165) is 11.3 Å². The summed E-state index contributed by atoms with van der Waals surface area (Å²) in [7, 11) is 1.61. The first-order valence-corrected chi connectivity index (χ1v) is 7.43. The Morgan fingerprint density at radius 2 is 2.35 bits per heavy atom. The van der Waals surface area contributed by atoms with Crippen LogP contribution in [0, 0.1) is 0 Å². The fraction of sp³-hybridized carbons (Fsp3) is 0.375. The monoisotopic (exact) mass is 317 g/mol. The predicted molar refractivity (Wildman–Crippen MR) is 83.5 cm³/mol. The lowest BCUT2D eigenvalue weighted by Gasteiger charge is -2.22. The third-order valence-corrected chi connectivity index (χ3v) is 3.56. The second-order valence-corrected chi connectivity index (χ2v) is 5.18. The van der Waals surface area contributed by atoms with Gasteiger partial charge < -0.3 is 19.5 Å². The molecule has 0 saturated carbocycles. The lowest BCUT2D eigenvalue weighted by molar-refractivity contribution is -0.0855. The minimum Gasteiger partial charge on any atom is -0.497 e. The Morgan fingerprint density at radius 1 is 1.43 bits per heavy atom. The van der Waals surface area contributed by atoms with Crippen molar-refractivity contribution >= 4 is 5.91 Å². The number of benzene rings is 1. The zero-order valence-electron chi connectivity index (χ0n) is 12.9. The van der Waals surface area contributed by atoms with Crippen LogP contribution in [0.3, 0.4) is 0 Å². The van der Waals surface area contributed by atoms with Crippen molar-refractivity contribution in [3.05, 3.63) is 36.0 Å². The Hall–Kier alpha value is -2.38. The van der Waals surface area contributed by atoms with E-state index in [2.05, 4.69) is 15.5 Å². The molecule has 23 heavy (non-hydrogen) atoms. The Kier molecular flexibility index (Phi) is 4.89. The normalized spacial score (nSPS) is 17.7. The third kappa shape index (κ3) is 3.88. The number of aromatic nitrogens is 2. The van der Waals surface area contributed by atoms with Crippen molar-refractivity contribution in [2.75, 3.05) is 33.5 Å². The van der Waals surface area contributed by atoms with Crippen molar-refractivity contribution < 1.29 is 19.0 Å². The van der Waals surface area contributed by atoms with Crippen LogP contribution in [0.2, 0.25) is 0 Å². The zero-order chi connectivity index (χ0) is 16.1. The zero-order valence-corrected chi connectivity index (χ0v) is 12.9. The van der Waals surface area contributed by atoms with Crippen molar-refractivity contribution in [3.63, 3.8) is 0 Å². The van der Waals surface area contributed by atoms with E-state index in [-0.39, 0.29) is 12.0 Å². The van der Waals surface area contributed by atoms with Gasteiger partial charge in [0.1, 0.15) is 11.4 Å². The molecule has 2 N–H and O–H groups in total. The number of carbonyl (C=O) groups is 1. The van der Waals surface area contributed by atoms with E-state index < -0.39 is 0 Å². The number of nitrogens with zero attached hydrogens (tertiary/aromatic N) is 1. The Bertz CT molecular complexity index is 665. The lowest BCUT2D eigenvalue weighted by atomic mass is 10.1. The van der Waals surface area contributed by atoms with Gasteiger partial charge in [-0.2, -0.15) is 5.10 Å². The summed E-state index contributed by atoms with van der Waals surface area (Å²) in [5, 5.41) is 9.75. The van der Waals surface area contributed by atoms with Crippen LogP contribution in [-0.4, -0.2) is 55.7 Å². The van der Waals surface area contributed by atoms with E-state index in [0.29, 0.717) is 37.8 Å². The second kappa shape index (κ2) is 7.26. The number of hydrogen-bond acceptors (Lipinski definition) is 5. The molecule has 0 unspecified atom stereocenters. The number of methoxy groups -OCH3 is 1. The van der Waals surface area contributed by atoms with Crippen molar-refractivity contribution in [1.29, 1.82) is 0 Å². The second-order valence-electron chi connectivity index (χ2n) is 5.18. The van der Waals surface area contributed by atoms with Gasteiger partial charge in [0.05, 0.1) is 38.7 Å². The molecule has 2 heterocycles. The molecule has 1 aromatic carbocycles. The number of H-pyrrole nitrogens is 1.